The molecule has 9 nitrogen and oxygen atoms in total. The van der Waals surface area contributed by atoms with Gasteiger partial charge in [-0.25, -0.2) is 4.99 Å². The maximum absolute atomic E-state index is 13.3. The van der Waals surface area contributed by atoms with E-state index in [1.54, 1.807) is 31.2 Å². The third-order valence-electron chi connectivity index (χ3n) is 6.31. The van der Waals surface area contributed by atoms with Crippen LogP contribution in [-0.2, 0) is 9.53 Å². The number of aromatic nitrogens is 1. The molecule has 35 heavy (non-hydrogen) atoms. The lowest BCUT2D eigenvalue weighted by Crippen LogP contribution is -2.61. The molecule has 11 heteroatoms. The Labute approximate surface area is 209 Å². The number of rotatable bonds is 3. The number of carbonyl (C=O) groups excluding carboxylic acids is 2. The van der Waals surface area contributed by atoms with E-state index in [0.717, 1.165) is 0 Å². The van der Waals surface area contributed by atoms with Crippen molar-refractivity contribution in [1.82, 2.24) is 9.88 Å². The number of aliphatic hydroxyl groups excluding tert-OH is 2. The van der Waals surface area contributed by atoms with Crippen LogP contribution in [0.1, 0.15) is 36.1 Å². The van der Waals surface area contributed by atoms with Gasteiger partial charge in [0.25, 0.3) is 0 Å². The molecule has 0 unspecified atom stereocenters. The lowest BCUT2D eigenvalue weighted by molar-refractivity contribution is -0.206. The highest BCUT2D eigenvalue weighted by atomic mass is 35.5. The Morgan fingerprint density at radius 2 is 1.80 bits per heavy atom. The Balaban J connectivity index is 1.69. The summed E-state index contributed by atoms with van der Waals surface area (Å²) < 4.78 is 7.49. The van der Waals surface area contributed by atoms with E-state index < -0.39 is 42.3 Å². The van der Waals surface area contributed by atoms with Crippen molar-refractivity contribution >= 4 is 57.2 Å². The summed E-state index contributed by atoms with van der Waals surface area (Å²) in [4.78, 5) is 29.4. The maximum atomic E-state index is 13.3. The SMILES string of the molecule is CC(=O)N[C@@H]1[C@@H](O)[C@H](O)[C@@H](n2c(C3=Nc4ccc(Cl)cc4C3=O)c(O)c3cc(Cl)ccc32)O[C@H]1C. The highest BCUT2D eigenvalue weighted by Crippen LogP contribution is 2.42. The van der Waals surface area contributed by atoms with Gasteiger partial charge in [-0.05, 0) is 43.3 Å². The number of carbonyl (C=O) groups is 2. The van der Waals surface area contributed by atoms with E-state index >= 15 is 0 Å². The maximum Gasteiger partial charge on any atom is 0.217 e. The molecule has 5 atom stereocenters. The number of fused-ring (bicyclic) bond motifs is 2. The zero-order valence-corrected chi connectivity index (χ0v) is 20.1. The van der Waals surface area contributed by atoms with Crippen LogP contribution in [0.5, 0.6) is 5.75 Å². The molecule has 0 aliphatic carbocycles. The van der Waals surface area contributed by atoms with Crippen molar-refractivity contribution in [3.05, 3.63) is 57.7 Å². The number of hydrogen-bond donors (Lipinski definition) is 4. The second kappa shape index (κ2) is 8.61. The standard InChI is InChI=1S/C24H21Cl2N3O6/c1-9-17(27-10(2)30)22(33)23(34)24(35-9)29-16-6-4-12(26)8-14(16)21(32)19(29)18-20(31)13-7-11(25)3-5-15(13)28-18/h3-9,17,22-24,32-34H,1-2H3,(H,27,30)/t9-,17-,22+,23-,24-/m0/s1. The van der Waals surface area contributed by atoms with Crippen LogP contribution in [0, 0.1) is 0 Å². The number of aliphatic imine (C=N–C) groups is 1. The van der Waals surface area contributed by atoms with E-state index in [9.17, 15) is 24.9 Å². The molecule has 1 amide bonds. The number of ketones is 1. The molecular weight excluding hydrogens is 497 g/mol. The summed E-state index contributed by atoms with van der Waals surface area (Å²) >= 11 is 12.2. The van der Waals surface area contributed by atoms with Crippen molar-refractivity contribution in [3.63, 3.8) is 0 Å². The van der Waals surface area contributed by atoms with Crippen molar-refractivity contribution in [1.29, 1.82) is 0 Å². The van der Waals surface area contributed by atoms with Gasteiger partial charge in [0.1, 0.15) is 23.6 Å². The van der Waals surface area contributed by atoms with Gasteiger partial charge in [0.15, 0.2) is 12.0 Å². The second-order valence-corrected chi connectivity index (χ2v) is 9.49. The lowest BCUT2D eigenvalue weighted by atomic mass is 9.95. The number of nitrogens with one attached hydrogen (secondary N) is 1. The van der Waals surface area contributed by atoms with Crippen LogP contribution in [0.4, 0.5) is 5.69 Å². The summed E-state index contributed by atoms with van der Waals surface area (Å²) in [5.41, 5.74) is 0.974. The third kappa shape index (κ3) is 3.80. The summed E-state index contributed by atoms with van der Waals surface area (Å²) in [6.45, 7) is 2.94. The van der Waals surface area contributed by atoms with Gasteiger partial charge in [0.2, 0.25) is 11.7 Å². The predicted octanol–water partition coefficient (Wildman–Crippen LogP) is 3.11. The molecule has 2 aliphatic heterocycles. The molecule has 182 valence electrons. The monoisotopic (exact) mass is 517 g/mol. The van der Waals surface area contributed by atoms with Crippen LogP contribution in [0.15, 0.2) is 41.4 Å². The van der Waals surface area contributed by atoms with E-state index in [0.29, 0.717) is 26.6 Å². The number of Topliss-reactive ketones (excluding diaryl/α,β-unsaturated/α-hetero) is 1. The molecule has 4 N–H and O–H groups in total. The summed E-state index contributed by atoms with van der Waals surface area (Å²) in [5.74, 6) is -1.14. The Morgan fingerprint density at radius 3 is 2.51 bits per heavy atom. The van der Waals surface area contributed by atoms with Gasteiger partial charge in [0.05, 0.1) is 28.9 Å². The summed E-state index contributed by atoms with van der Waals surface area (Å²) in [5, 5.41) is 36.7. The van der Waals surface area contributed by atoms with Gasteiger partial charge in [-0.3, -0.25) is 9.59 Å². The zero-order chi connectivity index (χ0) is 25.2. The fourth-order valence-corrected chi connectivity index (χ4v) is 5.05. The molecule has 0 radical (unpaired) electrons. The number of nitrogens with zero attached hydrogens (tertiary/aromatic N) is 2. The fraction of sp³-hybridized carbons (Fsp3) is 0.292. The van der Waals surface area contributed by atoms with Crippen LogP contribution >= 0.6 is 23.2 Å². The van der Waals surface area contributed by atoms with Crippen LogP contribution in [-0.4, -0.2) is 61.6 Å². The number of amides is 1. The van der Waals surface area contributed by atoms with Crippen LogP contribution < -0.4 is 5.32 Å². The number of halogens is 2. The van der Waals surface area contributed by atoms with Crippen LogP contribution in [0.25, 0.3) is 10.9 Å². The van der Waals surface area contributed by atoms with Crippen molar-refractivity contribution < 1.29 is 29.6 Å². The summed E-state index contributed by atoms with van der Waals surface area (Å²) in [6.07, 6.45) is -4.88. The molecule has 3 aromatic rings. The first kappa shape index (κ1) is 23.8. The molecule has 1 aromatic heterocycles. The normalized spacial score (nSPS) is 26.1. The van der Waals surface area contributed by atoms with Gasteiger partial charge in [-0.15, -0.1) is 0 Å². The average molecular weight is 518 g/mol. The lowest BCUT2D eigenvalue weighted by Gasteiger charge is -2.42. The van der Waals surface area contributed by atoms with Gasteiger partial charge < -0.3 is 29.9 Å². The Bertz CT molecular complexity index is 1420. The van der Waals surface area contributed by atoms with Gasteiger partial charge in [0, 0.05) is 22.4 Å². The van der Waals surface area contributed by atoms with Crippen LogP contribution in [0.3, 0.4) is 0 Å². The number of benzene rings is 2. The van der Waals surface area contributed by atoms with E-state index in [1.165, 1.54) is 23.6 Å². The average Bonchev–Trinajstić information content (AvgIpc) is 3.27. The van der Waals surface area contributed by atoms with Crippen molar-refractivity contribution in [3.8, 4) is 5.75 Å². The number of ether oxygens (including phenoxy) is 1. The van der Waals surface area contributed by atoms with Gasteiger partial charge >= 0.3 is 0 Å². The van der Waals surface area contributed by atoms with Crippen molar-refractivity contribution in [2.75, 3.05) is 0 Å². The molecular formula is C24H21Cl2N3O6. The van der Waals surface area contributed by atoms with E-state index in [4.69, 9.17) is 27.9 Å². The van der Waals surface area contributed by atoms with E-state index in [1.807, 2.05) is 0 Å². The van der Waals surface area contributed by atoms with Crippen LogP contribution in [0.2, 0.25) is 10.0 Å². The van der Waals surface area contributed by atoms with Crippen molar-refractivity contribution in [2.45, 2.75) is 44.4 Å². The first-order valence-corrected chi connectivity index (χ1v) is 11.6. The second-order valence-electron chi connectivity index (χ2n) is 8.62. The van der Waals surface area contributed by atoms with E-state index in [-0.39, 0.29) is 22.7 Å². The molecule has 0 saturated carbocycles. The number of aliphatic hydroxyl groups is 2. The third-order valence-corrected chi connectivity index (χ3v) is 6.78. The minimum absolute atomic E-state index is 0.000941. The molecule has 1 saturated heterocycles. The minimum Gasteiger partial charge on any atom is -0.505 e. The Hall–Kier alpha value is -2.95. The molecule has 2 aromatic carbocycles. The minimum atomic E-state index is -1.53. The van der Waals surface area contributed by atoms with Gasteiger partial charge in [-0.2, -0.15) is 0 Å². The number of aromatic hydroxyl groups is 1. The first-order valence-electron chi connectivity index (χ1n) is 10.8. The molecule has 0 spiro atoms. The molecule has 2 aliphatic rings. The van der Waals surface area contributed by atoms with Gasteiger partial charge in [-0.1, -0.05) is 23.2 Å². The smallest absolute Gasteiger partial charge is 0.217 e. The molecule has 5 rings (SSSR count). The predicted molar refractivity (Wildman–Crippen MR) is 130 cm³/mol. The Morgan fingerprint density at radius 1 is 1.11 bits per heavy atom. The van der Waals surface area contributed by atoms with E-state index in [2.05, 4.69) is 10.3 Å². The highest BCUT2D eigenvalue weighted by Gasteiger charge is 2.46. The molecule has 3 heterocycles. The zero-order valence-electron chi connectivity index (χ0n) is 18.6. The first-order chi connectivity index (χ1) is 16.6. The quantitative estimate of drug-likeness (QED) is 0.421. The molecule has 0 bridgehead atoms. The summed E-state index contributed by atoms with van der Waals surface area (Å²) in [7, 11) is 0. The summed E-state index contributed by atoms with van der Waals surface area (Å²) in [6, 6.07) is 8.54. The molecule has 1 fully saturated rings. The number of hydrogen-bond acceptors (Lipinski definition) is 7. The topological polar surface area (TPSA) is 133 Å². The largest absolute Gasteiger partial charge is 0.505 e. The Kier molecular flexibility index (Phi) is 5.85. The van der Waals surface area contributed by atoms with Crippen molar-refractivity contribution in [2.24, 2.45) is 4.99 Å². The highest BCUT2D eigenvalue weighted by molar-refractivity contribution is 6.55. The fourth-order valence-electron chi connectivity index (χ4n) is 4.70.